The van der Waals surface area contributed by atoms with Crippen LogP contribution in [0.15, 0.2) is 47.6 Å². The van der Waals surface area contributed by atoms with E-state index in [0.717, 1.165) is 5.56 Å². The van der Waals surface area contributed by atoms with Gasteiger partial charge in [0, 0.05) is 36.9 Å². The summed E-state index contributed by atoms with van der Waals surface area (Å²) in [6, 6.07) is 8.26. The van der Waals surface area contributed by atoms with Gasteiger partial charge >= 0.3 is 0 Å². The minimum absolute atomic E-state index is 0.0168. The Bertz CT molecular complexity index is 920. The summed E-state index contributed by atoms with van der Waals surface area (Å²) in [5, 5.41) is 2.85. The largest absolute Gasteiger partial charge is 0.379 e. The number of amides is 1. The molecule has 1 aromatic carbocycles. The highest BCUT2D eigenvalue weighted by molar-refractivity contribution is 7.99. The van der Waals surface area contributed by atoms with Gasteiger partial charge in [-0.1, -0.05) is 17.7 Å². The number of pyridine rings is 1. The van der Waals surface area contributed by atoms with Crippen LogP contribution in [0, 0.1) is 0 Å². The third kappa shape index (κ3) is 5.45. The second kappa shape index (κ2) is 9.71. The Morgan fingerprint density at radius 2 is 2.07 bits per heavy atom. The molecular formula is C18H20ClN3O4S2. The van der Waals surface area contributed by atoms with Crippen molar-refractivity contribution in [2.45, 2.75) is 10.6 Å². The molecule has 0 spiro atoms. The summed E-state index contributed by atoms with van der Waals surface area (Å²) < 4.78 is 32.2. The topological polar surface area (TPSA) is 88.6 Å². The average Bonchev–Trinajstić information content (AvgIpc) is 2.71. The number of aromatic nitrogens is 1. The van der Waals surface area contributed by atoms with Crippen molar-refractivity contribution in [1.29, 1.82) is 0 Å². The molecule has 2 aromatic rings. The fraction of sp³-hybridized carbons (Fsp3) is 0.333. The van der Waals surface area contributed by atoms with Crippen LogP contribution in [0.3, 0.4) is 0 Å². The van der Waals surface area contributed by atoms with Crippen LogP contribution in [0.2, 0.25) is 5.02 Å². The lowest BCUT2D eigenvalue weighted by Crippen LogP contribution is -2.40. The number of sulfonamides is 1. The monoisotopic (exact) mass is 441 g/mol. The van der Waals surface area contributed by atoms with Crippen LogP contribution in [-0.2, 0) is 25.3 Å². The molecule has 7 nitrogen and oxygen atoms in total. The minimum Gasteiger partial charge on any atom is -0.379 e. The van der Waals surface area contributed by atoms with E-state index in [1.807, 2.05) is 12.1 Å². The Morgan fingerprint density at radius 1 is 1.29 bits per heavy atom. The van der Waals surface area contributed by atoms with E-state index in [9.17, 15) is 13.2 Å². The van der Waals surface area contributed by atoms with Crippen molar-refractivity contribution in [3.8, 4) is 0 Å². The van der Waals surface area contributed by atoms with Crippen molar-refractivity contribution < 1.29 is 17.9 Å². The Morgan fingerprint density at radius 3 is 2.79 bits per heavy atom. The lowest BCUT2D eigenvalue weighted by Gasteiger charge is -2.26. The van der Waals surface area contributed by atoms with Crippen LogP contribution in [-0.4, -0.2) is 55.7 Å². The fourth-order valence-corrected chi connectivity index (χ4v) is 5.32. The first-order valence-electron chi connectivity index (χ1n) is 8.61. The number of nitrogens with zero attached hydrogens (tertiary/aromatic N) is 2. The maximum Gasteiger partial charge on any atom is 0.244 e. The quantitative estimate of drug-likeness (QED) is 0.710. The standard InChI is InChI=1S/C18H20ClN3O4S2/c19-16-4-3-15(10-17(16)28(24,25)22-6-8-26-9-7-22)21-18(23)13-27-12-14-2-1-5-20-11-14/h1-5,10-11H,6-9,12-13H2,(H,21,23). The predicted molar refractivity (Wildman–Crippen MR) is 110 cm³/mol. The first-order chi connectivity index (χ1) is 13.5. The van der Waals surface area contributed by atoms with Crippen molar-refractivity contribution in [3.63, 3.8) is 0 Å². The molecule has 150 valence electrons. The van der Waals surface area contributed by atoms with Crippen LogP contribution >= 0.6 is 23.4 Å². The molecule has 1 aliphatic heterocycles. The fourth-order valence-electron chi connectivity index (χ4n) is 2.65. The van der Waals surface area contributed by atoms with Crippen molar-refractivity contribution >= 4 is 45.0 Å². The maximum absolute atomic E-state index is 12.8. The molecule has 1 saturated heterocycles. The molecule has 0 bridgehead atoms. The minimum atomic E-state index is -3.75. The number of carbonyl (C=O) groups excluding carboxylic acids is 1. The molecule has 3 rings (SSSR count). The number of thioether (sulfide) groups is 1. The molecule has 1 amide bonds. The van der Waals surface area contributed by atoms with Gasteiger partial charge in [0.2, 0.25) is 15.9 Å². The summed E-state index contributed by atoms with van der Waals surface area (Å²) in [5.41, 5.74) is 1.42. The van der Waals surface area contributed by atoms with Gasteiger partial charge in [0.1, 0.15) is 4.90 Å². The third-order valence-electron chi connectivity index (χ3n) is 4.03. The molecule has 0 saturated carbocycles. The Kier molecular flexibility index (Phi) is 7.30. The number of hydrogen-bond acceptors (Lipinski definition) is 6. The van der Waals surface area contributed by atoms with Gasteiger partial charge in [-0.15, -0.1) is 11.8 Å². The number of rotatable bonds is 7. The van der Waals surface area contributed by atoms with Gasteiger partial charge in [-0.25, -0.2) is 8.42 Å². The zero-order valence-electron chi connectivity index (χ0n) is 15.0. The summed E-state index contributed by atoms with van der Waals surface area (Å²) in [6.07, 6.45) is 3.46. The lowest BCUT2D eigenvalue weighted by molar-refractivity contribution is -0.113. The first-order valence-corrected chi connectivity index (χ1v) is 11.6. The van der Waals surface area contributed by atoms with E-state index in [-0.39, 0.29) is 34.7 Å². The second-order valence-electron chi connectivity index (χ2n) is 6.06. The Hall–Kier alpha value is -1.65. The number of anilines is 1. The van der Waals surface area contributed by atoms with Crippen molar-refractivity contribution in [3.05, 3.63) is 53.3 Å². The summed E-state index contributed by atoms with van der Waals surface area (Å²) in [7, 11) is -3.75. The lowest BCUT2D eigenvalue weighted by atomic mass is 10.3. The summed E-state index contributed by atoms with van der Waals surface area (Å²) in [6.45, 7) is 1.25. The molecule has 0 unspecified atom stereocenters. The Balaban J connectivity index is 1.63. The van der Waals surface area contributed by atoms with Gasteiger partial charge in [-0.2, -0.15) is 4.31 Å². The number of nitrogens with one attached hydrogen (secondary N) is 1. The van der Waals surface area contributed by atoms with Crippen LogP contribution < -0.4 is 5.32 Å². The van der Waals surface area contributed by atoms with Crippen LogP contribution in [0.1, 0.15) is 5.56 Å². The summed E-state index contributed by atoms with van der Waals surface area (Å²) >= 11 is 7.58. The number of carbonyl (C=O) groups is 1. The Labute approximate surface area is 173 Å². The first kappa shape index (κ1) is 21.1. The smallest absolute Gasteiger partial charge is 0.244 e. The molecule has 10 heteroatoms. The van der Waals surface area contributed by atoms with Crippen molar-refractivity contribution in [2.75, 3.05) is 37.4 Å². The number of ether oxygens (including phenoxy) is 1. The third-order valence-corrected chi connectivity index (χ3v) is 7.41. The normalized spacial score (nSPS) is 15.3. The van der Waals surface area contributed by atoms with E-state index >= 15 is 0 Å². The molecule has 1 aromatic heterocycles. The van der Waals surface area contributed by atoms with Gasteiger partial charge in [-0.05, 0) is 29.8 Å². The van der Waals surface area contributed by atoms with Crippen molar-refractivity contribution in [1.82, 2.24) is 9.29 Å². The van der Waals surface area contributed by atoms with E-state index in [2.05, 4.69) is 10.3 Å². The highest BCUT2D eigenvalue weighted by Crippen LogP contribution is 2.28. The van der Waals surface area contributed by atoms with Crippen molar-refractivity contribution in [2.24, 2.45) is 0 Å². The van der Waals surface area contributed by atoms with Crippen LogP contribution in [0.4, 0.5) is 5.69 Å². The SMILES string of the molecule is O=C(CSCc1cccnc1)Nc1ccc(Cl)c(S(=O)(=O)N2CCOCC2)c1. The highest BCUT2D eigenvalue weighted by atomic mass is 35.5. The number of benzene rings is 1. The van der Waals surface area contributed by atoms with Gasteiger partial charge in [0.25, 0.3) is 0 Å². The van der Waals surface area contributed by atoms with E-state index in [1.165, 1.54) is 28.2 Å². The zero-order chi connectivity index (χ0) is 20.0. The van der Waals surface area contributed by atoms with E-state index in [1.54, 1.807) is 18.5 Å². The number of morpholine rings is 1. The molecule has 28 heavy (non-hydrogen) atoms. The van der Waals surface area contributed by atoms with Gasteiger partial charge in [-0.3, -0.25) is 9.78 Å². The molecule has 1 aliphatic rings. The van der Waals surface area contributed by atoms with Gasteiger partial charge in [0.05, 0.1) is 24.0 Å². The second-order valence-corrected chi connectivity index (χ2v) is 9.36. The molecule has 0 aliphatic carbocycles. The van der Waals surface area contributed by atoms with Gasteiger partial charge in [0.15, 0.2) is 0 Å². The molecule has 1 fully saturated rings. The average molecular weight is 442 g/mol. The number of hydrogen-bond donors (Lipinski definition) is 1. The highest BCUT2D eigenvalue weighted by Gasteiger charge is 2.28. The van der Waals surface area contributed by atoms with Crippen LogP contribution in [0.5, 0.6) is 0 Å². The number of halogens is 1. The van der Waals surface area contributed by atoms with Gasteiger partial charge < -0.3 is 10.1 Å². The molecular weight excluding hydrogens is 422 g/mol. The molecule has 0 radical (unpaired) electrons. The molecule has 2 heterocycles. The maximum atomic E-state index is 12.8. The molecule has 1 N–H and O–H groups in total. The van der Waals surface area contributed by atoms with E-state index in [4.69, 9.17) is 16.3 Å². The predicted octanol–water partition coefficient (Wildman–Crippen LogP) is 2.63. The zero-order valence-corrected chi connectivity index (χ0v) is 17.4. The molecule has 0 atom stereocenters. The summed E-state index contributed by atoms with van der Waals surface area (Å²) in [5.74, 6) is 0.688. The van der Waals surface area contributed by atoms with E-state index in [0.29, 0.717) is 24.7 Å². The summed E-state index contributed by atoms with van der Waals surface area (Å²) in [4.78, 5) is 16.2. The van der Waals surface area contributed by atoms with E-state index < -0.39 is 10.0 Å². The van der Waals surface area contributed by atoms with Crippen LogP contribution in [0.25, 0.3) is 0 Å².